The van der Waals surface area contributed by atoms with Crippen LogP contribution in [0.2, 0.25) is 0 Å². The fraction of sp³-hybridized carbons (Fsp3) is 0.286. The molecule has 6 rings (SSSR count). The van der Waals surface area contributed by atoms with Crippen LogP contribution in [0.1, 0.15) is 128 Å². The summed E-state index contributed by atoms with van der Waals surface area (Å²) in [6.45, 7) is 25.4. The standard InChI is InChI=1S/C56H62N4O4/c1-53(2,3)39-27-37(51(63)43(29-39)55(7,8)9)33-59-47-25-15-13-23-45(47)57-31-35-19-17-21-41(49(35)61)42-22-18-20-36(50(42)62)32-58-46-24-14-16-26-48(46)60-34-38-28-40(54(4,5)6)30-44(52(38)64)56(10,11)12/h13-34,61-64H,1-12H3. The summed E-state index contributed by atoms with van der Waals surface area (Å²) in [5.41, 5.74) is 8.40. The molecule has 4 N–H and O–H groups in total. The summed E-state index contributed by atoms with van der Waals surface area (Å²) in [7, 11) is 0. The highest BCUT2D eigenvalue weighted by Gasteiger charge is 2.26. The van der Waals surface area contributed by atoms with E-state index < -0.39 is 0 Å². The largest absolute Gasteiger partial charge is 0.507 e. The second kappa shape index (κ2) is 18.1. The Balaban J connectivity index is 1.28. The van der Waals surface area contributed by atoms with Crippen molar-refractivity contribution in [2.75, 3.05) is 0 Å². The number of aliphatic imine (C=N–C) groups is 4. The molecule has 0 bridgehead atoms. The van der Waals surface area contributed by atoms with Crippen LogP contribution in [0.4, 0.5) is 22.7 Å². The minimum absolute atomic E-state index is 0.0525. The molecule has 6 aromatic rings. The molecule has 0 unspecified atom stereocenters. The average Bonchev–Trinajstić information content (AvgIpc) is 3.21. The van der Waals surface area contributed by atoms with E-state index in [0.29, 0.717) is 56.1 Å². The number of benzene rings is 6. The predicted octanol–water partition coefficient (Wildman–Crippen LogP) is 14.4. The fourth-order valence-electron chi connectivity index (χ4n) is 7.21. The lowest BCUT2D eigenvalue weighted by Crippen LogP contribution is -2.17. The van der Waals surface area contributed by atoms with Crippen molar-refractivity contribution in [2.24, 2.45) is 20.0 Å². The van der Waals surface area contributed by atoms with E-state index in [9.17, 15) is 20.4 Å². The zero-order valence-corrected chi connectivity index (χ0v) is 39.3. The van der Waals surface area contributed by atoms with Gasteiger partial charge in [0.05, 0.1) is 22.7 Å². The van der Waals surface area contributed by atoms with Crippen molar-refractivity contribution in [3.63, 3.8) is 0 Å². The Labute approximate surface area is 379 Å². The maximum atomic E-state index is 11.6. The third-order valence-electron chi connectivity index (χ3n) is 11.2. The highest BCUT2D eigenvalue weighted by atomic mass is 16.3. The van der Waals surface area contributed by atoms with Gasteiger partial charge in [-0.15, -0.1) is 0 Å². The zero-order chi connectivity index (χ0) is 46.8. The molecule has 0 radical (unpaired) electrons. The monoisotopic (exact) mass is 854 g/mol. The van der Waals surface area contributed by atoms with Gasteiger partial charge in [0.1, 0.15) is 23.0 Å². The van der Waals surface area contributed by atoms with Gasteiger partial charge in [-0.25, -0.2) is 0 Å². The molecular weight excluding hydrogens is 793 g/mol. The molecule has 0 aliphatic carbocycles. The molecule has 0 spiro atoms. The summed E-state index contributed by atoms with van der Waals surface area (Å²) in [5.74, 6) is 0.302. The molecule has 8 heteroatoms. The van der Waals surface area contributed by atoms with E-state index in [0.717, 1.165) is 22.3 Å². The summed E-state index contributed by atoms with van der Waals surface area (Å²) < 4.78 is 0. The molecule has 0 saturated carbocycles. The molecular formula is C56H62N4O4. The first-order valence-corrected chi connectivity index (χ1v) is 21.7. The van der Waals surface area contributed by atoms with Gasteiger partial charge in [0, 0.05) is 69.4 Å². The highest BCUT2D eigenvalue weighted by molar-refractivity contribution is 5.96. The van der Waals surface area contributed by atoms with Crippen LogP contribution in [0.3, 0.4) is 0 Å². The Morgan fingerprint density at radius 3 is 0.906 bits per heavy atom. The second-order valence-corrected chi connectivity index (χ2v) is 20.4. The van der Waals surface area contributed by atoms with E-state index >= 15 is 0 Å². The lowest BCUT2D eigenvalue weighted by atomic mass is 9.79. The number of hydrogen-bond acceptors (Lipinski definition) is 8. The van der Waals surface area contributed by atoms with Gasteiger partial charge in [0.2, 0.25) is 0 Å². The molecule has 0 aromatic heterocycles. The van der Waals surface area contributed by atoms with Gasteiger partial charge in [-0.1, -0.05) is 144 Å². The number of para-hydroxylation sites is 6. The molecule has 330 valence electrons. The van der Waals surface area contributed by atoms with E-state index in [2.05, 4.69) is 95.2 Å². The summed E-state index contributed by atoms with van der Waals surface area (Å²) in [5, 5.41) is 45.8. The van der Waals surface area contributed by atoms with Crippen LogP contribution in [0.5, 0.6) is 23.0 Å². The molecule has 0 atom stereocenters. The van der Waals surface area contributed by atoms with Gasteiger partial charge >= 0.3 is 0 Å². The second-order valence-electron chi connectivity index (χ2n) is 20.4. The quantitative estimate of drug-likeness (QED) is 0.108. The topological polar surface area (TPSA) is 130 Å². The number of rotatable bonds is 9. The minimum Gasteiger partial charge on any atom is -0.507 e. The Morgan fingerprint density at radius 2 is 0.625 bits per heavy atom. The van der Waals surface area contributed by atoms with Crippen molar-refractivity contribution in [2.45, 2.75) is 105 Å². The van der Waals surface area contributed by atoms with Crippen LogP contribution < -0.4 is 0 Å². The van der Waals surface area contributed by atoms with E-state index in [4.69, 9.17) is 20.0 Å². The molecule has 0 aliphatic rings. The van der Waals surface area contributed by atoms with Crippen molar-refractivity contribution in [3.05, 3.63) is 154 Å². The molecule has 64 heavy (non-hydrogen) atoms. The number of hydrogen-bond donors (Lipinski definition) is 4. The number of nitrogens with zero attached hydrogens (tertiary/aromatic N) is 4. The van der Waals surface area contributed by atoms with Crippen molar-refractivity contribution < 1.29 is 20.4 Å². The lowest BCUT2D eigenvalue weighted by Gasteiger charge is -2.27. The van der Waals surface area contributed by atoms with Gasteiger partial charge in [-0.3, -0.25) is 20.0 Å². The Kier molecular flexibility index (Phi) is 13.2. The van der Waals surface area contributed by atoms with Crippen LogP contribution in [-0.2, 0) is 21.7 Å². The van der Waals surface area contributed by atoms with Crippen molar-refractivity contribution >= 4 is 47.6 Å². The first-order valence-electron chi connectivity index (χ1n) is 21.7. The molecule has 0 heterocycles. The van der Waals surface area contributed by atoms with Crippen molar-refractivity contribution in [3.8, 4) is 34.1 Å². The minimum atomic E-state index is -0.273. The summed E-state index contributed by atoms with van der Waals surface area (Å²) in [4.78, 5) is 19.0. The Morgan fingerprint density at radius 1 is 0.328 bits per heavy atom. The summed E-state index contributed by atoms with van der Waals surface area (Å²) in [6.07, 6.45) is 6.51. The van der Waals surface area contributed by atoms with Crippen molar-refractivity contribution in [1.82, 2.24) is 0 Å². The van der Waals surface area contributed by atoms with Gasteiger partial charge in [0.25, 0.3) is 0 Å². The maximum Gasteiger partial charge on any atom is 0.132 e. The number of aromatic hydroxyl groups is 4. The molecule has 0 amide bonds. The predicted molar refractivity (Wildman–Crippen MR) is 268 cm³/mol. The van der Waals surface area contributed by atoms with Gasteiger partial charge < -0.3 is 20.4 Å². The molecule has 8 nitrogen and oxygen atoms in total. The molecule has 0 aliphatic heterocycles. The third kappa shape index (κ3) is 10.7. The van der Waals surface area contributed by atoms with E-state index in [1.807, 2.05) is 60.7 Å². The third-order valence-corrected chi connectivity index (χ3v) is 11.2. The average molecular weight is 855 g/mol. The molecule has 0 fully saturated rings. The van der Waals surface area contributed by atoms with E-state index in [-0.39, 0.29) is 44.7 Å². The van der Waals surface area contributed by atoms with Crippen LogP contribution in [0.15, 0.2) is 129 Å². The fourth-order valence-corrected chi connectivity index (χ4v) is 7.21. The summed E-state index contributed by atoms with van der Waals surface area (Å²) in [6, 6.07) is 33.6. The van der Waals surface area contributed by atoms with E-state index in [1.165, 1.54) is 0 Å². The molecule has 6 aromatic carbocycles. The van der Waals surface area contributed by atoms with Crippen LogP contribution in [0, 0.1) is 0 Å². The van der Waals surface area contributed by atoms with Gasteiger partial charge in [-0.2, -0.15) is 0 Å². The Hall–Kier alpha value is -6.80. The highest BCUT2D eigenvalue weighted by Crippen LogP contribution is 2.41. The zero-order valence-electron chi connectivity index (χ0n) is 39.3. The summed E-state index contributed by atoms with van der Waals surface area (Å²) >= 11 is 0. The number of phenols is 4. The van der Waals surface area contributed by atoms with Crippen LogP contribution in [-0.4, -0.2) is 45.3 Å². The normalized spacial score (nSPS) is 13.0. The van der Waals surface area contributed by atoms with Gasteiger partial charge in [-0.05, 0) is 81.3 Å². The van der Waals surface area contributed by atoms with Crippen molar-refractivity contribution in [1.29, 1.82) is 0 Å². The lowest BCUT2D eigenvalue weighted by molar-refractivity contribution is 0.443. The molecule has 0 saturated heterocycles. The van der Waals surface area contributed by atoms with E-state index in [1.54, 1.807) is 61.3 Å². The first kappa shape index (κ1) is 46.7. The van der Waals surface area contributed by atoms with Gasteiger partial charge in [0.15, 0.2) is 0 Å². The number of phenolic OH excluding ortho intramolecular Hbond substituents is 4. The van der Waals surface area contributed by atoms with Crippen LogP contribution >= 0.6 is 0 Å². The maximum absolute atomic E-state index is 11.6. The first-order chi connectivity index (χ1) is 29.9. The van der Waals surface area contributed by atoms with Crippen LogP contribution in [0.25, 0.3) is 11.1 Å². The Bertz CT molecular complexity index is 2610. The SMILES string of the molecule is CC(C)(C)c1cc(C=Nc2ccccc2N=Cc2cccc(-c3cccc(C=Nc4ccccc4N=Cc4cc(C(C)(C)C)cc(C(C)(C)C)c4O)c3O)c2O)c(O)c(C(C)(C)C)c1. The smallest absolute Gasteiger partial charge is 0.132 e.